The molecule has 0 fully saturated rings. The lowest BCUT2D eigenvalue weighted by Crippen LogP contribution is -2.35. The fraction of sp³-hybridized carbons (Fsp3) is 0.231. The van der Waals surface area contributed by atoms with Gasteiger partial charge in [-0.05, 0) is 12.1 Å². The molecule has 0 bridgehead atoms. The van der Waals surface area contributed by atoms with Crippen LogP contribution in [-0.2, 0) is 4.79 Å². The van der Waals surface area contributed by atoms with Gasteiger partial charge in [0.15, 0.2) is 0 Å². The number of ether oxygens (including phenoxy) is 1. The average molecular weight is 262 g/mol. The van der Waals surface area contributed by atoms with E-state index in [-0.39, 0.29) is 17.7 Å². The van der Waals surface area contributed by atoms with Crippen LogP contribution in [0.15, 0.2) is 18.2 Å². The van der Waals surface area contributed by atoms with Crippen LogP contribution in [0.2, 0.25) is 0 Å². The van der Waals surface area contributed by atoms with Crippen LogP contribution in [0.5, 0.6) is 5.75 Å². The SMILES string of the molecule is C#CCC(N)C(=O)Nc1ccc(C(=O)O)c(OC)c1. The molecule has 0 aromatic heterocycles. The van der Waals surface area contributed by atoms with E-state index in [2.05, 4.69) is 11.2 Å². The second-order valence-corrected chi connectivity index (χ2v) is 3.72. The number of carbonyl (C=O) groups excluding carboxylic acids is 1. The van der Waals surface area contributed by atoms with Crippen molar-refractivity contribution in [2.45, 2.75) is 12.5 Å². The highest BCUT2D eigenvalue weighted by molar-refractivity contribution is 5.96. The fourth-order valence-electron chi connectivity index (χ4n) is 1.40. The zero-order valence-corrected chi connectivity index (χ0v) is 10.3. The molecule has 0 aliphatic rings. The van der Waals surface area contributed by atoms with E-state index < -0.39 is 17.9 Å². The van der Waals surface area contributed by atoms with Crippen LogP contribution in [0, 0.1) is 12.3 Å². The molecule has 19 heavy (non-hydrogen) atoms. The summed E-state index contributed by atoms with van der Waals surface area (Å²) < 4.78 is 4.94. The van der Waals surface area contributed by atoms with Gasteiger partial charge in [0.25, 0.3) is 0 Å². The highest BCUT2D eigenvalue weighted by Crippen LogP contribution is 2.23. The Bertz CT molecular complexity index is 534. The molecule has 0 radical (unpaired) electrons. The first kappa shape index (κ1) is 14.5. The van der Waals surface area contributed by atoms with Gasteiger partial charge in [0, 0.05) is 18.2 Å². The Labute approximate surface area is 110 Å². The molecule has 0 spiro atoms. The molecule has 0 heterocycles. The maximum absolute atomic E-state index is 11.6. The Kier molecular flexibility index (Phi) is 4.92. The molecule has 1 rings (SSSR count). The largest absolute Gasteiger partial charge is 0.496 e. The summed E-state index contributed by atoms with van der Waals surface area (Å²) in [5.74, 6) is 0.888. The van der Waals surface area contributed by atoms with Crippen molar-refractivity contribution in [1.82, 2.24) is 0 Å². The molecule has 0 aliphatic carbocycles. The van der Waals surface area contributed by atoms with Crippen molar-refractivity contribution in [3.8, 4) is 18.1 Å². The molecule has 100 valence electrons. The number of carboxylic acid groups (broad SMARTS) is 1. The van der Waals surface area contributed by atoms with Crippen molar-refractivity contribution >= 4 is 17.6 Å². The summed E-state index contributed by atoms with van der Waals surface area (Å²) in [6, 6.07) is 3.38. The van der Waals surface area contributed by atoms with E-state index in [1.54, 1.807) is 0 Å². The van der Waals surface area contributed by atoms with Crippen LogP contribution >= 0.6 is 0 Å². The summed E-state index contributed by atoms with van der Waals surface area (Å²) >= 11 is 0. The first-order valence-electron chi connectivity index (χ1n) is 5.40. The number of terminal acetylenes is 1. The Balaban J connectivity index is 2.89. The molecule has 1 unspecified atom stereocenters. The van der Waals surface area contributed by atoms with E-state index >= 15 is 0 Å². The minimum Gasteiger partial charge on any atom is -0.496 e. The van der Waals surface area contributed by atoms with Crippen molar-refractivity contribution in [2.24, 2.45) is 5.73 Å². The van der Waals surface area contributed by atoms with Gasteiger partial charge >= 0.3 is 5.97 Å². The van der Waals surface area contributed by atoms with Gasteiger partial charge in [-0.2, -0.15) is 0 Å². The lowest BCUT2D eigenvalue weighted by molar-refractivity contribution is -0.117. The van der Waals surface area contributed by atoms with Gasteiger partial charge in [0.2, 0.25) is 5.91 Å². The third-order valence-corrected chi connectivity index (χ3v) is 2.37. The van der Waals surface area contributed by atoms with Crippen LogP contribution in [0.25, 0.3) is 0 Å². The third kappa shape index (κ3) is 3.72. The molecule has 1 amide bonds. The summed E-state index contributed by atoms with van der Waals surface area (Å²) in [6.07, 6.45) is 5.19. The molecule has 6 nitrogen and oxygen atoms in total. The molecule has 6 heteroatoms. The number of carboxylic acids is 1. The van der Waals surface area contributed by atoms with E-state index in [1.165, 1.54) is 25.3 Å². The van der Waals surface area contributed by atoms with Crippen molar-refractivity contribution < 1.29 is 19.4 Å². The fourth-order valence-corrected chi connectivity index (χ4v) is 1.40. The van der Waals surface area contributed by atoms with Crippen molar-refractivity contribution in [1.29, 1.82) is 0 Å². The van der Waals surface area contributed by atoms with Crippen LogP contribution in [0.4, 0.5) is 5.69 Å². The zero-order chi connectivity index (χ0) is 14.4. The van der Waals surface area contributed by atoms with Crippen LogP contribution in [0.3, 0.4) is 0 Å². The summed E-state index contributed by atoms with van der Waals surface area (Å²) in [4.78, 5) is 22.5. The monoisotopic (exact) mass is 262 g/mol. The number of hydrogen-bond donors (Lipinski definition) is 3. The minimum atomic E-state index is -1.11. The molecule has 1 atom stereocenters. The molecule has 0 saturated heterocycles. The Hall–Kier alpha value is -2.52. The maximum Gasteiger partial charge on any atom is 0.339 e. The normalized spacial score (nSPS) is 11.2. The Morgan fingerprint density at radius 1 is 1.58 bits per heavy atom. The summed E-state index contributed by atoms with van der Waals surface area (Å²) in [5, 5.41) is 11.5. The van der Waals surface area contributed by atoms with Crippen LogP contribution in [-0.4, -0.2) is 30.1 Å². The number of carbonyl (C=O) groups is 2. The lowest BCUT2D eigenvalue weighted by atomic mass is 10.1. The first-order chi connectivity index (χ1) is 8.99. The maximum atomic E-state index is 11.6. The number of anilines is 1. The summed E-state index contributed by atoms with van der Waals surface area (Å²) in [6.45, 7) is 0. The number of nitrogens with one attached hydrogen (secondary N) is 1. The predicted molar refractivity (Wildman–Crippen MR) is 70.0 cm³/mol. The van der Waals surface area contributed by atoms with Crippen molar-refractivity contribution in [3.63, 3.8) is 0 Å². The van der Waals surface area contributed by atoms with Gasteiger partial charge in [-0.3, -0.25) is 4.79 Å². The van der Waals surface area contributed by atoms with Gasteiger partial charge < -0.3 is 20.9 Å². The Morgan fingerprint density at radius 3 is 2.79 bits per heavy atom. The van der Waals surface area contributed by atoms with Gasteiger partial charge in [-0.1, -0.05) is 0 Å². The standard InChI is InChI=1S/C13H14N2O4/c1-3-4-10(14)12(16)15-8-5-6-9(13(17)18)11(7-8)19-2/h1,5-7,10H,4,14H2,2H3,(H,15,16)(H,17,18). The molecular weight excluding hydrogens is 248 g/mol. The molecule has 0 saturated carbocycles. The lowest BCUT2D eigenvalue weighted by Gasteiger charge is -2.11. The van der Waals surface area contributed by atoms with Crippen molar-refractivity contribution in [3.05, 3.63) is 23.8 Å². The molecule has 0 aliphatic heterocycles. The summed E-state index contributed by atoms with van der Waals surface area (Å²) in [7, 11) is 1.34. The predicted octanol–water partition coefficient (Wildman–Crippen LogP) is 0.682. The first-order valence-corrected chi connectivity index (χ1v) is 5.40. The molecule has 1 aromatic carbocycles. The topological polar surface area (TPSA) is 102 Å². The highest BCUT2D eigenvalue weighted by atomic mass is 16.5. The number of benzene rings is 1. The number of nitrogens with two attached hydrogens (primary N) is 1. The van der Waals surface area contributed by atoms with Gasteiger partial charge in [0.05, 0.1) is 13.2 Å². The second kappa shape index (κ2) is 6.42. The van der Waals surface area contributed by atoms with Gasteiger partial charge in [0.1, 0.15) is 11.3 Å². The number of aromatic carboxylic acids is 1. The second-order valence-electron chi connectivity index (χ2n) is 3.72. The smallest absolute Gasteiger partial charge is 0.339 e. The highest BCUT2D eigenvalue weighted by Gasteiger charge is 2.15. The third-order valence-electron chi connectivity index (χ3n) is 2.37. The van der Waals surface area contributed by atoms with Gasteiger partial charge in [-0.15, -0.1) is 12.3 Å². The van der Waals surface area contributed by atoms with E-state index in [1.807, 2.05) is 0 Å². The molecule has 4 N–H and O–H groups in total. The number of methoxy groups -OCH3 is 1. The van der Waals surface area contributed by atoms with Crippen LogP contribution < -0.4 is 15.8 Å². The zero-order valence-electron chi connectivity index (χ0n) is 10.3. The van der Waals surface area contributed by atoms with Crippen molar-refractivity contribution in [2.75, 3.05) is 12.4 Å². The Morgan fingerprint density at radius 2 is 2.26 bits per heavy atom. The van der Waals surface area contributed by atoms with E-state index in [0.717, 1.165) is 0 Å². The molecule has 1 aromatic rings. The average Bonchev–Trinajstić information content (AvgIpc) is 2.38. The van der Waals surface area contributed by atoms with Crippen LogP contribution in [0.1, 0.15) is 16.8 Å². The minimum absolute atomic E-state index is 0.00780. The number of rotatable bonds is 5. The number of hydrogen-bond acceptors (Lipinski definition) is 4. The number of amides is 1. The van der Waals surface area contributed by atoms with E-state index in [4.69, 9.17) is 22.0 Å². The van der Waals surface area contributed by atoms with E-state index in [9.17, 15) is 9.59 Å². The van der Waals surface area contributed by atoms with E-state index in [0.29, 0.717) is 5.69 Å². The summed E-state index contributed by atoms with van der Waals surface area (Å²) in [5.41, 5.74) is 5.94. The molecular formula is C13H14N2O4. The quantitative estimate of drug-likeness (QED) is 0.677. The van der Waals surface area contributed by atoms with Gasteiger partial charge in [-0.25, -0.2) is 4.79 Å².